The Balaban J connectivity index is 0.00000529. The first-order chi connectivity index (χ1) is 11.1. The van der Waals surface area contributed by atoms with Gasteiger partial charge in [-0.25, -0.2) is 4.98 Å². The molecule has 1 aromatic heterocycles. The monoisotopic (exact) mass is 450 g/mol. The molecule has 0 saturated heterocycles. The van der Waals surface area contributed by atoms with Crippen LogP contribution in [-0.4, -0.2) is 44.4 Å². The quantitative estimate of drug-likeness (QED) is 0.344. The fourth-order valence-electron chi connectivity index (χ4n) is 2.23. The Morgan fingerprint density at radius 2 is 2.08 bits per heavy atom. The van der Waals surface area contributed by atoms with Crippen molar-refractivity contribution in [2.24, 2.45) is 10.9 Å². The first kappa shape index (κ1) is 22.9. The fraction of sp³-hybridized carbons (Fsp3) is 0.647. The van der Waals surface area contributed by atoms with Crippen molar-refractivity contribution in [3.8, 4) is 5.88 Å². The summed E-state index contributed by atoms with van der Waals surface area (Å²) in [5.74, 6) is 1.90. The maximum atomic E-state index is 5.75. The number of hydrogen-bond acceptors (Lipinski definition) is 4. The molecule has 1 atom stereocenters. The predicted molar refractivity (Wildman–Crippen MR) is 109 cm³/mol. The van der Waals surface area contributed by atoms with Crippen LogP contribution < -0.4 is 15.4 Å². The second kappa shape index (κ2) is 13.2. The zero-order chi connectivity index (χ0) is 17.1. The molecule has 0 aliphatic rings. The van der Waals surface area contributed by atoms with Gasteiger partial charge in [0.25, 0.3) is 0 Å². The number of nitrogens with one attached hydrogen (secondary N) is 2. The van der Waals surface area contributed by atoms with Gasteiger partial charge in [-0.1, -0.05) is 13.8 Å². The van der Waals surface area contributed by atoms with E-state index in [0.29, 0.717) is 18.3 Å². The van der Waals surface area contributed by atoms with E-state index in [2.05, 4.69) is 34.5 Å². The van der Waals surface area contributed by atoms with Crippen molar-refractivity contribution >= 4 is 29.9 Å². The summed E-state index contributed by atoms with van der Waals surface area (Å²) in [4.78, 5) is 8.34. The van der Waals surface area contributed by atoms with Gasteiger partial charge in [-0.05, 0) is 30.9 Å². The molecule has 1 unspecified atom stereocenters. The summed E-state index contributed by atoms with van der Waals surface area (Å²) in [6, 6.07) is 3.86. The molecule has 0 aromatic carbocycles. The summed E-state index contributed by atoms with van der Waals surface area (Å²) in [6.07, 6.45) is 2.96. The van der Waals surface area contributed by atoms with Gasteiger partial charge in [0.05, 0.1) is 13.2 Å². The highest BCUT2D eigenvalue weighted by molar-refractivity contribution is 14.0. The van der Waals surface area contributed by atoms with E-state index in [1.54, 1.807) is 20.4 Å². The summed E-state index contributed by atoms with van der Waals surface area (Å²) in [5.41, 5.74) is 1.09. The largest absolute Gasteiger partial charge is 0.481 e. The van der Waals surface area contributed by atoms with Gasteiger partial charge in [-0.15, -0.1) is 24.0 Å². The van der Waals surface area contributed by atoms with Crippen LogP contribution in [0.1, 0.15) is 32.8 Å². The molecule has 2 N–H and O–H groups in total. The van der Waals surface area contributed by atoms with Crippen molar-refractivity contribution in [3.63, 3.8) is 0 Å². The van der Waals surface area contributed by atoms with Crippen LogP contribution >= 0.6 is 24.0 Å². The summed E-state index contributed by atoms with van der Waals surface area (Å²) < 4.78 is 10.9. The number of aromatic nitrogens is 1. The normalized spacial score (nSPS) is 12.5. The molecule has 0 aliphatic heterocycles. The van der Waals surface area contributed by atoms with Crippen molar-refractivity contribution < 1.29 is 9.47 Å². The van der Waals surface area contributed by atoms with Gasteiger partial charge in [-0.2, -0.15) is 0 Å². The molecule has 1 rings (SSSR count). The van der Waals surface area contributed by atoms with Gasteiger partial charge < -0.3 is 20.1 Å². The van der Waals surface area contributed by atoms with Crippen LogP contribution in [0.5, 0.6) is 5.88 Å². The maximum Gasteiger partial charge on any atom is 0.213 e. The van der Waals surface area contributed by atoms with E-state index in [4.69, 9.17) is 9.47 Å². The van der Waals surface area contributed by atoms with E-state index in [1.165, 1.54) is 0 Å². The number of nitrogens with zero attached hydrogens (tertiary/aromatic N) is 2. The third-order valence-corrected chi connectivity index (χ3v) is 3.54. The van der Waals surface area contributed by atoms with Gasteiger partial charge in [0.15, 0.2) is 5.96 Å². The zero-order valence-electron chi connectivity index (χ0n) is 15.3. The average molecular weight is 450 g/mol. The number of rotatable bonds is 9. The van der Waals surface area contributed by atoms with Gasteiger partial charge in [0, 0.05) is 39.0 Å². The Labute approximate surface area is 162 Å². The van der Waals surface area contributed by atoms with Gasteiger partial charge in [0.1, 0.15) is 0 Å². The minimum Gasteiger partial charge on any atom is -0.481 e. The highest BCUT2D eigenvalue weighted by Crippen LogP contribution is 2.10. The minimum atomic E-state index is 0. The number of pyridine rings is 1. The molecule has 0 amide bonds. The van der Waals surface area contributed by atoms with Crippen molar-refractivity contribution in [2.75, 3.05) is 27.3 Å². The van der Waals surface area contributed by atoms with E-state index in [0.717, 1.165) is 31.1 Å². The maximum absolute atomic E-state index is 5.75. The standard InChI is InChI=1S/C17H30N4O2.HI/c1-6-23-15(13(2)3)8-10-20-17(18-4)21-12-14-7-9-19-16(11-14)22-5;/h7,9,11,13,15H,6,8,10,12H2,1-5H3,(H2,18,20,21);1H. The highest BCUT2D eigenvalue weighted by Gasteiger charge is 2.12. The first-order valence-corrected chi connectivity index (χ1v) is 8.15. The van der Waals surface area contributed by atoms with Crippen LogP contribution in [0.4, 0.5) is 0 Å². The second-order valence-corrected chi connectivity index (χ2v) is 5.59. The molecule has 1 heterocycles. The van der Waals surface area contributed by atoms with Gasteiger partial charge in [-0.3, -0.25) is 4.99 Å². The predicted octanol–water partition coefficient (Wildman–Crippen LogP) is 2.82. The van der Waals surface area contributed by atoms with E-state index in [-0.39, 0.29) is 30.1 Å². The van der Waals surface area contributed by atoms with Crippen LogP contribution in [0.3, 0.4) is 0 Å². The Morgan fingerprint density at radius 1 is 1.33 bits per heavy atom. The Bertz CT molecular complexity index is 483. The third kappa shape index (κ3) is 8.68. The van der Waals surface area contributed by atoms with Gasteiger partial charge in [0.2, 0.25) is 5.88 Å². The fourth-order valence-corrected chi connectivity index (χ4v) is 2.23. The summed E-state index contributed by atoms with van der Waals surface area (Å²) in [6.45, 7) is 8.64. The molecular formula is C17H31IN4O2. The molecule has 1 aromatic rings. The molecule has 0 bridgehead atoms. The minimum absolute atomic E-state index is 0. The van der Waals surface area contributed by atoms with Gasteiger partial charge >= 0.3 is 0 Å². The van der Waals surface area contributed by atoms with Crippen LogP contribution in [0, 0.1) is 5.92 Å². The third-order valence-electron chi connectivity index (χ3n) is 3.54. The van der Waals surface area contributed by atoms with Crippen LogP contribution in [-0.2, 0) is 11.3 Å². The molecular weight excluding hydrogens is 419 g/mol. The van der Waals surface area contributed by atoms with Crippen molar-refractivity contribution in [1.29, 1.82) is 0 Å². The summed E-state index contributed by atoms with van der Waals surface area (Å²) >= 11 is 0. The lowest BCUT2D eigenvalue weighted by molar-refractivity contribution is 0.0258. The number of ether oxygens (including phenoxy) is 2. The van der Waals surface area contributed by atoms with Crippen LogP contribution in [0.25, 0.3) is 0 Å². The Hall–Kier alpha value is -1.09. The topological polar surface area (TPSA) is 67.8 Å². The Kier molecular flexibility index (Phi) is 12.6. The van der Waals surface area contributed by atoms with Crippen molar-refractivity contribution in [1.82, 2.24) is 15.6 Å². The molecule has 7 heteroatoms. The number of guanidine groups is 1. The molecule has 0 radical (unpaired) electrons. The average Bonchev–Trinajstić information content (AvgIpc) is 2.56. The number of aliphatic imine (C=N–C) groups is 1. The molecule has 24 heavy (non-hydrogen) atoms. The smallest absolute Gasteiger partial charge is 0.213 e. The first-order valence-electron chi connectivity index (χ1n) is 8.15. The van der Waals surface area contributed by atoms with Crippen LogP contribution in [0.2, 0.25) is 0 Å². The second-order valence-electron chi connectivity index (χ2n) is 5.59. The van der Waals surface area contributed by atoms with E-state index >= 15 is 0 Å². The molecule has 0 fully saturated rings. The van der Waals surface area contributed by atoms with Crippen molar-refractivity contribution in [2.45, 2.75) is 39.8 Å². The molecule has 0 saturated carbocycles. The lowest BCUT2D eigenvalue weighted by atomic mass is 10.0. The molecule has 0 aliphatic carbocycles. The lowest BCUT2D eigenvalue weighted by Gasteiger charge is -2.21. The summed E-state index contributed by atoms with van der Waals surface area (Å²) in [7, 11) is 3.38. The highest BCUT2D eigenvalue weighted by atomic mass is 127. The molecule has 6 nitrogen and oxygen atoms in total. The van der Waals surface area contributed by atoms with Crippen molar-refractivity contribution in [3.05, 3.63) is 23.9 Å². The number of hydrogen-bond donors (Lipinski definition) is 2. The number of halogens is 1. The zero-order valence-corrected chi connectivity index (χ0v) is 17.7. The molecule has 0 spiro atoms. The van der Waals surface area contributed by atoms with E-state index in [9.17, 15) is 0 Å². The van der Waals surface area contributed by atoms with E-state index in [1.807, 2.05) is 19.1 Å². The Morgan fingerprint density at radius 3 is 2.67 bits per heavy atom. The van der Waals surface area contributed by atoms with Crippen LogP contribution in [0.15, 0.2) is 23.3 Å². The number of methoxy groups -OCH3 is 1. The van der Waals surface area contributed by atoms with E-state index < -0.39 is 0 Å². The SMILES string of the molecule is CCOC(CCNC(=NC)NCc1ccnc(OC)c1)C(C)C.I. The summed E-state index contributed by atoms with van der Waals surface area (Å²) in [5, 5.41) is 6.61. The lowest BCUT2D eigenvalue weighted by Crippen LogP contribution is -2.38. The molecule has 138 valence electrons.